The molecule has 1 unspecified atom stereocenters. The summed E-state index contributed by atoms with van der Waals surface area (Å²) in [6.07, 6.45) is 3.63. The Morgan fingerprint density at radius 2 is 1.88 bits per heavy atom. The van der Waals surface area contributed by atoms with Gasteiger partial charge in [0.25, 0.3) is 0 Å². The summed E-state index contributed by atoms with van der Waals surface area (Å²) in [4.78, 5) is 0. The second-order valence-electron chi connectivity index (χ2n) is 5.37. The Morgan fingerprint density at radius 1 is 1.24 bits per heavy atom. The zero-order valence-electron chi connectivity index (χ0n) is 10.8. The summed E-state index contributed by atoms with van der Waals surface area (Å²) in [5.74, 6) is 0.773. The molecule has 0 heterocycles. The topological polar surface area (TPSA) is 32.3 Å². The maximum Gasteiger partial charge on any atom is 0.0914 e. The maximum absolute atomic E-state index is 10.0. The maximum atomic E-state index is 10.0. The molecule has 94 valence electrons. The van der Waals surface area contributed by atoms with Gasteiger partial charge in [-0.25, -0.2) is 0 Å². The monoisotopic (exact) mass is 233 g/mol. The second-order valence-corrected chi connectivity index (χ2v) is 5.37. The van der Waals surface area contributed by atoms with Gasteiger partial charge in [0, 0.05) is 12.6 Å². The van der Waals surface area contributed by atoms with Crippen molar-refractivity contribution in [1.29, 1.82) is 0 Å². The van der Waals surface area contributed by atoms with Crippen molar-refractivity contribution < 1.29 is 5.11 Å². The Kier molecular flexibility index (Phi) is 4.19. The SMILES string of the molecule is CC(C)NCC(O)c1ccc(C2CCC2)cc1. The number of aliphatic hydroxyl groups excluding tert-OH is 1. The van der Waals surface area contributed by atoms with Gasteiger partial charge in [-0.1, -0.05) is 44.5 Å². The van der Waals surface area contributed by atoms with E-state index in [1.165, 1.54) is 24.8 Å². The molecule has 2 heteroatoms. The Balaban J connectivity index is 1.92. The van der Waals surface area contributed by atoms with Gasteiger partial charge in [0.05, 0.1) is 6.10 Å². The molecule has 2 rings (SSSR count). The van der Waals surface area contributed by atoms with E-state index in [-0.39, 0.29) is 0 Å². The van der Waals surface area contributed by atoms with Crippen LogP contribution in [0.15, 0.2) is 24.3 Å². The minimum absolute atomic E-state index is 0.396. The smallest absolute Gasteiger partial charge is 0.0914 e. The molecule has 1 fully saturated rings. The van der Waals surface area contributed by atoms with Crippen LogP contribution in [0.3, 0.4) is 0 Å². The van der Waals surface area contributed by atoms with Crippen molar-refractivity contribution >= 4 is 0 Å². The molecule has 0 radical (unpaired) electrons. The average molecular weight is 233 g/mol. The van der Waals surface area contributed by atoms with E-state index in [0.717, 1.165) is 11.5 Å². The molecule has 2 N–H and O–H groups in total. The fraction of sp³-hybridized carbons (Fsp3) is 0.600. The molecule has 0 aromatic heterocycles. The van der Waals surface area contributed by atoms with Crippen molar-refractivity contribution in [3.05, 3.63) is 35.4 Å². The number of hydrogen-bond acceptors (Lipinski definition) is 2. The number of nitrogens with one attached hydrogen (secondary N) is 1. The minimum Gasteiger partial charge on any atom is -0.387 e. The zero-order chi connectivity index (χ0) is 12.3. The van der Waals surface area contributed by atoms with Crippen LogP contribution in [0, 0.1) is 0 Å². The molecule has 1 saturated carbocycles. The zero-order valence-corrected chi connectivity index (χ0v) is 10.8. The summed E-state index contributed by atoms with van der Waals surface area (Å²) in [5.41, 5.74) is 2.45. The second kappa shape index (κ2) is 5.65. The van der Waals surface area contributed by atoms with Gasteiger partial charge < -0.3 is 10.4 Å². The molecule has 0 aliphatic heterocycles. The van der Waals surface area contributed by atoms with Crippen LogP contribution in [0.1, 0.15) is 56.3 Å². The van der Waals surface area contributed by atoms with Gasteiger partial charge in [0.15, 0.2) is 0 Å². The van der Waals surface area contributed by atoms with E-state index >= 15 is 0 Å². The Bertz CT molecular complexity index is 340. The highest BCUT2D eigenvalue weighted by Crippen LogP contribution is 2.36. The highest BCUT2D eigenvalue weighted by Gasteiger charge is 2.19. The van der Waals surface area contributed by atoms with Gasteiger partial charge in [-0.3, -0.25) is 0 Å². The van der Waals surface area contributed by atoms with Crippen LogP contribution >= 0.6 is 0 Å². The van der Waals surface area contributed by atoms with Gasteiger partial charge in [-0.2, -0.15) is 0 Å². The predicted octanol–water partition coefficient (Wildman–Crippen LogP) is 2.99. The van der Waals surface area contributed by atoms with Crippen LogP contribution in [-0.2, 0) is 0 Å². The molecule has 0 spiro atoms. The van der Waals surface area contributed by atoms with Crippen LogP contribution in [0.5, 0.6) is 0 Å². The average Bonchev–Trinajstić information content (AvgIpc) is 2.24. The van der Waals surface area contributed by atoms with Crippen LogP contribution in [0.25, 0.3) is 0 Å². The summed E-state index contributed by atoms with van der Waals surface area (Å²) in [6, 6.07) is 8.91. The summed E-state index contributed by atoms with van der Waals surface area (Å²) < 4.78 is 0. The summed E-state index contributed by atoms with van der Waals surface area (Å²) in [7, 11) is 0. The molecule has 1 aliphatic rings. The van der Waals surface area contributed by atoms with Crippen LogP contribution in [0.4, 0.5) is 0 Å². The molecular weight excluding hydrogens is 210 g/mol. The fourth-order valence-electron chi connectivity index (χ4n) is 2.20. The summed E-state index contributed by atoms with van der Waals surface area (Å²) in [6.45, 7) is 4.80. The van der Waals surface area contributed by atoms with E-state index in [2.05, 4.69) is 43.4 Å². The lowest BCUT2D eigenvalue weighted by Crippen LogP contribution is -2.27. The molecule has 0 bridgehead atoms. The van der Waals surface area contributed by atoms with Crippen molar-refractivity contribution in [1.82, 2.24) is 5.32 Å². The first kappa shape index (κ1) is 12.6. The van der Waals surface area contributed by atoms with Gasteiger partial charge in [0.1, 0.15) is 0 Å². The standard InChI is InChI=1S/C15H23NO/c1-11(2)16-10-15(17)14-8-6-13(7-9-14)12-4-3-5-12/h6-9,11-12,15-17H,3-5,10H2,1-2H3. The lowest BCUT2D eigenvalue weighted by molar-refractivity contribution is 0.171. The van der Waals surface area contributed by atoms with Gasteiger partial charge in [0.2, 0.25) is 0 Å². The van der Waals surface area contributed by atoms with Crippen molar-refractivity contribution in [2.24, 2.45) is 0 Å². The first-order chi connectivity index (χ1) is 8.16. The third-order valence-corrected chi connectivity index (χ3v) is 3.62. The molecular formula is C15H23NO. The van der Waals surface area contributed by atoms with Crippen molar-refractivity contribution in [2.75, 3.05) is 6.54 Å². The minimum atomic E-state index is -0.396. The largest absolute Gasteiger partial charge is 0.387 e. The number of aliphatic hydroxyl groups is 1. The lowest BCUT2D eigenvalue weighted by atomic mass is 9.80. The van der Waals surface area contributed by atoms with E-state index < -0.39 is 6.10 Å². The third-order valence-electron chi connectivity index (χ3n) is 3.62. The van der Waals surface area contributed by atoms with Crippen molar-refractivity contribution in [2.45, 2.75) is 51.2 Å². The molecule has 1 aromatic carbocycles. The Morgan fingerprint density at radius 3 is 2.35 bits per heavy atom. The van der Waals surface area contributed by atoms with E-state index in [1.807, 2.05) is 0 Å². The first-order valence-electron chi connectivity index (χ1n) is 6.68. The number of hydrogen-bond donors (Lipinski definition) is 2. The molecule has 1 aromatic rings. The van der Waals surface area contributed by atoms with E-state index in [0.29, 0.717) is 12.6 Å². The number of benzene rings is 1. The van der Waals surface area contributed by atoms with Crippen molar-refractivity contribution in [3.63, 3.8) is 0 Å². The lowest BCUT2D eigenvalue weighted by Gasteiger charge is -2.26. The molecule has 1 atom stereocenters. The third kappa shape index (κ3) is 3.30. The van der Waals surface area contributed by atoms with E-state index in [4.69, 9.17) is 0 Å². The van der Waals surface area contributed by atoms with Crippen LogP contribution in [0.2, 0.25) is 0 Å². The molecule has 0 amide bonds. The summed E-state index contributed by atoms with van der Waals surface area (Å²) in [5, 5.41) is 13.3. The normalized spacial score (nSPS) is 18.1. The first-order valence-corrected chi connectivity index (χ1v) is 6.68. The van der Waals surface area contributed by atoms with Crippen molar-refractivity contribution in [3.8, 4) is 0 Å². The Hall–Kier alpha value is -0.860. The quantitative estimate of drug-likeness (QED) is 0.819. The van der Waals surface area contributed by atoms with E-state index in [1.54, 1.807) is 0 Å². The molecule has 17 heavy (non-hydrogen) atoms. The van der Waals surface area contributed by atoms with Crippen LogP contribution in [-0.4, -0.2) is 17.7 Å². The van der Waals surface area contributed by atoms with E-state index in [9.17, 15) is 5.11 Å². The summed E-state index contributed by atoms with van der Waals surface area (Å²) >= 11 is 0. The fourth-order valence-corrected chi connectivity index (χ4v) is 2.20. The van der Waals surface area contributed by atoms with Gasteiger partial charge >= 0.3 is 0 Å². The Labute approximate surface area is 104 Å². The molecule has 1 aliphatic carbocycles. The molecule has 2 nitrogen and oxygen atoms in total. The molecule has 0 saturated heterocycles. The van der Waals surface area contributed by atoms with Crippen LogP contribution < -0.4 is 5.32 Å². The van der Waals surface area contributed by atoms with Gasteiger partial charge in [-0.15, -0.1) is 0 Å². The van der Waals surface area contributed by atoms with Gasteiger partial charge in [-0.05, 0) is 29.9 Å². The highest BCUT2D eigenvalue weighted by atomic mass is 16.3. The predicted molar refractivity (Wildman–Crippen MR) is 71.1 cm³/mol. The number of rotatable bonds is 5. The highest BCUT2D eigenvalue weighted by molar-refractivity contribution is 5.27.